The number of benzene rings is 1. The summed E-state index contributed by atoms with van der Waals surface area (Å²) < 4.78 is 5.41. The summed E-state index contributed by atoms with van der Waals surface area (Å²) in [6, 6.07) is 8.50. The van der Waals surface area contributed by atoms with Gasteiger partial charge in [-0.1, -0.05) is 55.3 Å². The van der Waals surface area contributed by atoms with E-state index in [-0.39, 0.29) is 23.6 Å². The van der Waals surface area contributed by atoms with Crippen molar-refractivity contribution in [1.82, 2.24) is 20.9 Å². The van der Waals surface area contributed by atoms with Gasteiger partial charge in [-0.3, -0.25) is 14.4 Å². The smallest absolute Gasteiger partial charge is 0.408 e. The van der Waals surface area contributed by atoms with Crippen LogP contribution in [-0.2, 0) is 25.5 Å². The molecule has 1 aromatic rings. The summed E-state index contributed by atoms with van der Waals surface area (Å²) in [4.78, 5) is 54.9. The van der Waals surface area contributed by atoms with E-state index in [4.69, 9.17) is 4.74 Å². The van der Waals surface area contributed by atoms with Crippen molar-refractivity contribution in [1.29, 1.82) is 0 Å². The molecule has 2 heterocycles. The summed E-state index contributed by atoms with van der Waals surface area (Å²) in [6.45, 7) is 6.24. The van der Waals surface area contributed by atoms with E-state index in [9.17, 15) is 19.2 Å². The van der Waals surface area contributed by atoms with Crippen LogP contribution in [0.2, 0.25) is 0 Å². The van der Waals surface area contributed by atoms with Crippen LogP contribution in [0, 0.1) is 5.92 Å². The third-order valence-corrected chi connectivity index (χ3v) is 7.87. The second kappa shape index (κ2) is 12.9. The molecular formula is C31H44N4O5. The molecule has 4 amide bonds. The molecule has 0 radical (unpaired) electrons. The molecule has 1 saturated heterocycles. The van der Waals surface area contributed by atoms with Gasteiger partial charge in [0.2, 0.25) is 17.7 Å². The van der Waals surface area contributed by atoms with Crippen molar-refractivity contribution in [3.63, 3.8) is 0 Å². The van der Waals surface area contributed by atoms with E-state index >= 15 is 0 Å². The average molecular weight is 553 g/mol. The Labute approximate surface area is 237 Å². The summed E-state index contributed by atoms with van der Waals surface area (Å²) in [5.41, 5.74) is -0.560. The first-order valence-electron chi connectivity index (χ1n) is 14.7. The summed E-state index contributed by atoms with van der Waals surface area (Å²) in [5, 5.41) is 8.85. The molecule has 40 heavy (non-hydrogen) atoms. The lowest BCUT2D eigenvalue weighted by Gasteiger charge is -2.30. The van der Waals surface area contributed by atoms with Crippen molar-refractivity contribution < 1.29 is 23.9 Å². The van der Waals surface area contributed by atoms with Crippen LogP contribution in [0.4, 0.5) is 4.79 Å². The fourth-order valence-corrected chi connectivity index (χ4v) is 5.67. The average Bonchev–Trinajstić information content (AvgIpc) is 3.36. The second-order valence-electron chi connectivity index (χ2n) is 12.2. The van der Waals surface area contributed by atoms with E-state index in [1.54, 1.807) is 25.7 Å². The highest BCUT2D eigenvalue weighted by Crippen LogP contribution is 2.45. The van der Waals surface area contributed by atoms with E-state index in [0.29, 0.717) is 45.2 Å². The molecule has 9 heteroatoms. The number of carbonyl (C=O) groups excluding carboxylic acids is 4. The number of ether oxygens (including phenoxy) is 1. The highest BCUT2D eigenvalue weighted by Gasteiger charge is 2.60. The molecule has 4 atom stereocenters. The number of hydrogen-bond donors (Lipinski definition) is 3. The molecule has 0 bridgehead atoms. The molecule has 0 unspecified atom stereocenters. The number of hydrogen-bond acceptors (Lipinski definition) is 5. The van der Waals surface area contributed by atoms with Crippen molar-refractivity contribution in [2.24, 2.45) is 5.92 Å². The zero-order chi connectivity index (χ0) is 28.8. The van der Waals surface area contributed by atoms with Crippen LogP contribution in [0.5, 0.6) is 0 Å². The highest BCUT2D eigenvalue weighted by molar-refractivity contribution is 5.98. The minimum atomic E-state index is -1.00. The molecule has 0 aromatic heterocycles. The van der Waals surface area contributed by atoms with Gasteiger partial charge in [0, 0.05) is 19.0 Å². The Kier molecular flexibility index (Phi) is 9.53. The van der Waals surface area contributed by atoms with E-state index in [1.165, 1.54) is 0 Å². The topological polar surface area (TPSA) is 117 Å². The normalized spacial score (nSPS) is 28.2. The lowest BCUT2D eigenvalue weighted by atomic mass is 10.0. The van der Waals surface area contributed by atoms with Crippen LogP contribution in [0.15, 0.2) is 42.5 Å². The molecular weight excluding hydrogens is 508 g/mol. The third kappa shape index (κ3) is 7.64. The number of alkyl carbamates (subject to hydrolysis) is 1. The van der Waals surface area contributed by atoms with Crippen LogP contribution in [-0.4, -0.2) is 65.0 Å². The van der Waals surface area contributed by atoms with Gasteiger partial charge >= 0.3 is 6.09 Å². The number of carbonyl (C=O) groups is 4. The summed E-state index contributed by atoms with van der Waals surface area (Å²) in [6.07, 6.45) is 9.88. The van der Waals surface area contributed by atoms with Gasteiger partial charge in [-0.15, -0.1) is 0 Å². The summed E-state index contributed by atoms with van der Waals surface area (Å²) in [7, 11) is 0. The minimum Gasteiger partial charge on any atom is -0.444 e. The lowest BCUT2D eigenvalue weighted by molar-refractivity contribution is -0.141. The van der Waals surface area contributed by atoms with Gasteiger partial charge in [0.15, 0.2) is 0 Å². The first kappa shape index (κ1) is 29.6. The summed E-state index contributed by atoms with van der Waals surface area (Å²) >= 11 is 0. The largest absolute Gasteiger partial charge is 0.444 e. The molecule has 0 spiro atoms. The van der Waals surface area contributed by atoms with Crippen LogP contribution < -0.4 is 16.0 Å². The molecule has 3 N–H and O–H groups in total. The fraction of sp³-hybridized carbons (Fsp3) is 0.613. The van der Waals surface area contributed by atoms with Gasteiger partial charge in [-0.05, 0) is 71.3 Å². The Morgan fingerprint density at radius 1 is 1.07 bits per heavy atom. The minimum absolute atomic E-state index is 0.0783. The lowest BCUT2D eigenvalue weighted by Crippen LogP contribution is -2.58. The maximum atomic E-state index is 13.7. The molecule has 3 aliphatic rings. The van der Waals surface area contributed by atoms with Crippen molar-refractivity contribution in [3.8, 4) is 0 Å². The molecule has 9 nitrogen and oxygen atoms in total. The second-order valence-corrected chi connectivity index (χ2v) is 12.2. The molecule has 218 valence electrons. The van der Waals surface area contributed by atoms with Gasteiger partial charge in [0.1, 0.15) is 23.2 Å². The van der Waals surface area contributed by atoms with Crippen molar-refractivity contribution in [2.45, 2.75) is 102 Å². The van der Waals surface area contributed by atoms with E-state index in [0.717, 1.165) is 31.2 Å². The van der Waals surface area contributed by atoms with E-state index in [1.807, 2.05) is 30.3 Å². The molecule has 1 saturated carbocycles. The molecule has 2 aliphatic heterocycles. The first-order chi connectivity index (χ1) is 19.1. The fourth-order valence-electron chi connectivity index (χ4n) is 5.67. The summed E-state index contributed by atoms with van der Waals surface area (Å²) in [5.74, 6) is -0.849. The number of allylic oxidation sites excluding steroid dienone is 1. The van der Waals surface area contributed by atoms with Gasteiger partial charge in [0.25, 0.3) is 0 Å². The van der Waals surface area contributed by atoms with E-state index < -0.39 is 29.3 Å². The van der Waals surface area contributed by atoms with Crippen LogP contribution in [0.3, 0.4) is 0 Å². The number of amides is 4. The van der Waals surface area contributed by atoms with Crippen molar-refractivity contribution in [3.05, 3.63) is 48.0 Å². The van der Waals surface area contributed by atoms with Gasteiger partial charge < -0.3 is 25.6 Å². The molecule has 1 aromatic carbocycles. The molecule has 1 aliphatic carbocycles. The monoisotopic (exact) mass is 552 g/mol. The number of nitrogens with zero attached hydrogens (tertiary/aromatic N) is 1. The maximum Gasteiger partial charge on any atom is 0.408 e. The molecule has 2 fully saturated rings. The molecule has 4 rings (SSSR count). The van der Waals surface area contributed by atoms with Crippen molar-refractivity contribution in [2.75, 3.05) is 13.1 Å². The van der Waals surface area contributed by atoms with Gasteiger partial charge in [-0.25, -0.2) is 4.79 Å². The Hall–Kier alpha value is -3.36. The number of nitrogens with one attached hydrogen (secondary N) is 3. The Morgan fingerprint density at radius 2 is 1.85 bits per heavy atom. The first-order valence-corrected chi connectivity index (χ1v) is 14.7. The Bertz CT molecular complexity index is 1100. The Morgan fingerprint density at radius 3 is 2.60 bits per heavy atom. The van der Waals surface area contributed by atoms with Crippen LogP contribution in [0.1, 0.15) is 77.7 Å². The van der Waals surface area contributed by atoms with Gasteiger partial charge in [-0.2, -0.15) is 0 Å². The van der Waals surface area contributed by atoms with Gasteiger partial charge in [0.05, 0.1) is 0 Å². The third-order valence-electron chi connectivity index (χ3n) is 7.87. The van der Waals surface area contributed by atoms with Crippen molar-refractivity contribution >= 4 is 23.8 Å². The zero-order valence-electron chi connectivity index (χ0n) is 24.0. The number of rotatable bonds is 5. The Balaban J connectivity index is 1.47. The SMILES string of the molecule is CC(C)(C)OC(=O)N[C@H]1CCCCC/C=C\[C@H]2C[C@@]2(C(=O)NCCc2ccccc2)NC(=O)[C@@H]2CCCN2C1=O. The highest BCUT2D eigenvalue weighted by atomic mass is 16.6. The van der Waals surface area contributed by atoms with Crippen LogP contribution in [0.25, 0.3) is 0 Å². The quantitative estimate of drug-likeness (QED) is 0.483. The predicted octanol–water partition coefficient (Wildman–Crippen LogP) is 3.62. The van der Waals surface area contributed by atoms with E-state index in [2.05, 4.69) is 28.1 Å². The zero-order valence-corrected chi connectivity index (χ0v) is 24.0. The van der Waals surface area contributed by atoms with Crippen LogP contribution >= 0.6 is 0 Å². The maximum absolute atomic E-state index is 13.7. The number of fused-ring (bicyclic) bond motifs is 2. The standard InChI is InChI=1S/C31H44N4O5/c1-30(2,3)40-29(39)33-24-16-11-6-4-5-10-15-23-21-31(23,28(38)32-19-18-22-13-8-7-9-14-22)34-26(36)25-17-12-20-35(25)27(24)37/h7-10,13-15,23-25H,4-6,11-12,16-21H2,1-3H3,(H,32,38)(H,33,39)(H,34,36)/b15-10-/t23-,24-,25-,31+/m0/s1. The predicted molar refractivity (Wildman–Crippen MR) is 152 cm³/mol.